The number of anilines is 1. The lowest BCUT2D eigenvalue weighted by molar-refractivity contribution is 0.0391. The summed E-state index contributed by atoms with van der Waals surface area (Å²) in [6.07, 6.45) is 0. The van der Waals surface area contributed by atoms with Crippen molar-refractivity contribution < 1.29 is 9.53 Å². The first kappa shape index (κ1) is 23.0. The number of carbonyl (C=O) groups is 1. The largest absolute Gasteiger partial charge is 0.379 e. The highest BCUT2D eigenvalue weighted by Crippen LogP contribution is 2.33. The number of halogens is 2. The molecule has 0 unspecified atom stereocenters. The Hall–Kier alpha value is -1.70. The van der Waals surface area contributed by atoms with Crippen LogP contribution >= 0.6 is 35.3 Å². The number of carbonyl (C=O) groups excluding carboxylic acids is 1. The van der Waals surface area contributed by atoms with Crippen LogP contribution in [0.2, 0.25) is 5.02 Å². The summed E-state index contributed by atoms with van der Waals surface area (Å²) in [5, 5.41) is 1.40. The molecule has 0 N–H and O–H groups in total. The highest BCUT2D eigenvalue weighted by Gasteiger charge is 2.23. The molecular weight excluding hydrogens is 441 g/mol. The number of fused-ring (bicyclic) bond motifs is 1. The van der Waals surface area contributed by atoms with Crippen molar-refractivity contribution in [2.75, 3.05) is 44.3 Å². The summed E-state index contributed by atoms with van der Waals surface area (Å²) in [7, 11) is 0. The van der Waals surface area contributed by atoms with Crippen molar-refractivity contribution in [1.29, 1.82) is 0 Å². The Bertz CT molecular complexity index is 1020. The van der Waals surface area contributed by atoms with Gasteiger partial charge in [0.1, 0.15) is 0 Å². The van der Waals surface area contributed by atoms with Crippen molar-refractivity contribution in [2.24, 2.45) is 0 Å². The summed E-state index contributed by atoms with van der Waals surface area (Å²) < 4.78 is 6.44. The smallest absolute Gasteiger partial charge is 0.260 e. The molecule has 0 radical (unpaired) electrons. The van der Waals surface area contributed by atoms with E-state index in [9.17, 15) is 4.79 Å². The van der Waals surface area contributed by atoms with E-state index in [-0.39, 0.29) is 18.3 Å². The zero-order chi connectivity index (χ0) is 20.4. The van der Waals surface area contributed by atoms with E-state index in [0.717, 1.165) is 54.2 Å². The van der Waals surface area contributed by atoms with Gasteiger partial charge >= 0.3 is 0 Å². The number of ether oxygens (including phenoxy) is 1. The molecule has 0 aliphatic carbocycles. The molecular formula is C22H25Cl2N3O2S. The molecule has 1 amide bonds. The van der Waals surface area contributed by atoms with Crippen molar-refractivity contribution >= 4 is 56.6 Å². The average Bonchev–Trinajstić information content (AvgIpc) is 3.13. The van der Waals surface area contributed by atoms with E-state index in [1.54, 1.807) is 4.90 Å². The first-order valence-corrected chi connectivity index (χ1v) is 11.0. The molecule has 1 aliphatic heterocycles. The van der Waals surface area contributed by atoms with Gasteiger partial charge in [0.25, 0.3) is 5.91 Å². The van der Waals surface area contributed by atoms with Gasteiger partial charge in [0.2, 0.25) is 0 Å². The third kappa shape index (κ3) is 5.13. The van der Waals surface area contributed by atoms with Crippen LogP contribution in [0.15, 0.2) is 36.4 Å². The highest BCUT2D eigenvalue weighted by molar-refractivity contribution is 7.22. The van der Waals surface area contributed by atoms with E-state index in [1.807, 2.05) is 50.2 Å². The summed E-state index contributed by atoms with van der Waals surface area (Å²) in [6.45, 7) is 8.65. The molecule has 1 aliphatic rings. The van der Waals surface area contributed by atoms with Crippen LogP contribution in [-0.4, -0.2) is 55.2 Å². The van der Waals surface area contributed by atoms with Crippen LogP contribution in [0.5, 0.6) is 0 Å². The van der Waals surface area contributed by atoms with Crippen molar-refractivity contribution in [3.63, 3.8) is 0 Å². The predicted octanol–water partition coefficient (Wildman–Crippen LogP) is 4.97. The number of aromatic nitrogens is 1. The monoisotopic (exact) mass is 465 g/mol. The van der Waals surface area contributed by atoms with Crippen LogP contribution in [-0.2, 0) is 4.74 Å². The number of nitrogens with zero attached hydrogens (tertiary/aromatic N) is 3. The van der Waals surface area contributed by atoms with Crippen molar-refractivity contribution in [3.8, 4) is 0 Å². The van der Waals surface area contributed by atoms with E-state index in [4.69, 9.17) is 21.3 Å². The zero-order valence-corrected chi connectivity index (χ0v) is 19.4. The van der Waals surface area contributed by atoms with E-state index < -0.39 is 0 Å². The number of hydrogen-bond donors (Lipinski definition) is 0. The van der Waals surface area contributed by atoms with Crippen LogP contribution in [0.3, 0.4) is 0 Å². The Kier molecular flexibility index (Phi) is 7.71. The molecule has 4 rings (SSSR count). The van der Waals surface area contributed by atoms with Gasteiger partial charge in [0.05, 0.1) is 23.4 Å². The van der Waals surface area contributed by atoms with Gasteiger partial charge in [-0.1, -0.05) is 40.6 Å². The molecule has 160 valence electrons. The fourth-order valence-electron chi connectivity index (χ4n) is 3.46. The number of morpholine rings is 1. The third-order valence-electron chi connectivity index (χ3n) is 5.16. The van der Waals surface area contributed by atoms with Crippen LogP contribution in [0.4, 0.5) is 5.13 Å². The number of amides is 1. The van der Waals surface area contributed by atoms with Gasteiger partial charge in [-0.3, -0.25) is 14.6 Å². The standard InChI is InChI=1S/C22H24ClN3O2S.ClH/c1-15-3-5-17(6-4-15)21(27)26(8-7-25-9-11-28-12-10-25)22-24-20-16(2)13-18(23)14-19(20)29-22;/h3-6,13-14H,7-12H2,1-2H3;1H. The first-order valence-electron chi connectivity index (χ1n) is 9.76. The molecule has 0 saturated carbocycles. The molecule has 5 nitrogen and oxygen atoms in total. The second kappa shape index (κ2) is 10.1. The minimum absolute atomic E-state index is 0. The lowest BCUT2D eigenvalue weighted by Gasteiger charge is -2.29. The maximum absolute atomic E-state index is 13.4. The molecule has 1 saturated heterocycles. The molecule has 30 heavy (non-hydrogen) atoms. The average molecular weight is 466 g/mol. The normalized spacial score (nSPS) is 14.5. The van der Waals surface area contributed by atoms with E-state index in [1.165, 1.54) is 11.3 Å². The van der Waals surface area contributed by atoms with E-state index >= 15 is 0 Å². The molecule has 2 heterocycles. The Morgan fingerprint density at radius 1 is 1.20 bits per heavy atom. The minimum Gasteiger partial charge on any atom is -0.379 e. The topological polar surface area (TPSA) is 45.7 Å². The lowest BCUT2D eigenvalue weighted by Crippen LogP contribution is -2.43. The summed E-state index contributed by atoms with van der Waals surface area (Å²) in [5.41, 5.74) is 3.73. The summed E-state index contributed by atoms with van der Waals surface area (Å²) in [4.78, 5) is 22.3. The van der Waals surface area contributed by atoms with Gasteiger partial charge in [-0.15, -0.1) is 12.4 Å². The van der Waals surface area contributed by atoms with Crippen LogP contribution in [0.1, 0.15) is 21.5 Å². The summed E-state index contributed by atoms with van der Waals surface area (Å²) in [6, 6.07) is 11.5. The second-order valence-corrected chi connectivity index (χ2v) is 8.79. The maximum atomic E-state index is 13.4. The third-order valence-corrected chi connectivity index (χ3v) is 6.40. The lowest BCUT2D eigenvalue weighted by atomic mass is 10.1. The number of hydrogen-bond acceptors (Lipinski definition) is 5. The SMILES string of the molecule is Cc1ccc(C(=O)N(CCN2CCOCC2)c2nc3c(C)cc(Cl)cc3s2)cc1.Cl. The maximum Gasteiger partial charge on any atom is 0.260 e. The van der Waals surface area contributed by atoms with Gasteiger partial charge in [0, 0.05) is 36.8 Å². The Balaban J connectivity index is 0.00000256. The molecule has 8 heteroatoms. The number of benzene rings is 2. The van der Waals surface area contributed by atoms with E-state index in [2.05, 4.69) is 4.90 Å². The zero-order valence-electron chi connectivity index (χ0n) is 17.1. The summed E-state index contributed by atoms with van der Waals surface area (Å²) in [5.74, 6) is -0.0268. The fraction of sp³-hybridized carbons (Fsp3) is 0.364. The number of aryl methyl sites for hydroxylation is 2. The Morgan fingerprint density at radius 2 is 1.90 bits per heavy atom. The van der Waals surface area contributed by atoms with Crippen molar-refractivity contribution in [2.45, 2.75) is 13.8 Å². The molecule has 3 aromatic rings. The quantitative estimate of drug-likeness (QED) is 0.533. The van der Waals surface area contributed by atoms with Crippen LogP contribution in [0, 0.1) is 13.8 Å². The second-order valence-electron chi connectivity index (χ2n) is 7.34. The van der Waals surface area contributed by atoms with E-state index in [0.29, 0.717) is 22.3 Å². The van der Waals surface area contributed by atoms with Gasteiger partial charge in [-0.05, 0) is 43.7 Å². The number of thiazole rings is 1. The fourth-order valence-corrected chi connectivity index (χ4v) is 4.91. The van der Waals surface area contributed by atoms with Gasteiger partial charge in [-0.25, -0.2) is 4.98 Å². The molecule has 0 bridgehead atoms. The molecule has 2 aromatic carbocycles. The van der Waals surface area contributed by atoms with Gasteiger partial charge < -0.3 is 4.74 Å². The van der Waals surface area contributed by atoms with Crippen LogP contribution < -0.4 is 4.90 Å². The van der Waals surface area contributed by atoms with Crippen molar-refractivity contribution in [3.05, 3.63) is 58.1 Å². The predicted molar refractivity (Wildman–Crippen MR) is 127 cm³/mol. The first-order chi connectivity index (χ1) is 14.0. The van der Waals surface area contributed by atoms with Gasteiger partial charge in [0.15, 0.2) is 5.13 Å². The number of rotatable bonds is 5. The molecule has 1 fully saturated rings. The minimum atomic E-state index is -0.0268. The van der Waals surface area contributed by atoms with Crippen LogP contribution in [0.25, 0.3) is 10.2 Å². The summed E-state index contributed by atoms with van der Waals surface area (Å²) >= 11 is 7.74. The van der Waals surface area contributed by atoms with Crippen molar-refractivity contribution in [1.82, 2.24) is 9.88 Å². The molecule has 0 spiro atoms. The highest BCUT2D eigenvalue weighted by atomic mass is 35.5. The van der Waals surface area contributed by atoms with Gasteiger partial charge in [-0.2, -0.15) is 0 Å². The Labute approximate surface area is 192 Å². The molecule has 0 atom stereocenters. The molecule has 1 aromatic heterocycles. The Morgan fingerprint density at radius 3 is 2.60 bits per heavy atom.